The zero-order chi connectivity index (χ0) is 33.1. The summed E-state index contributed by atoms with van der Waals surface area (Å²) in [7, 11) is 4.02. The van der Waals surface area contributed by atoms with E-state index in [1.165, 1.54) is 51.4 Å². The van der Waals surface area contributed by atoms with Gasteiger partial charge < -0.3 is 10.2 Å². The number of hydrogen-bond acceptors (Lipinski definition) is 4. The molecule has 4 rings (SSSR count). The number of unbranched alkanes of at least 4 members (excludes halogenated alkanes) is 1. The number of fused-ring (bicyclic) bond motifs is 3. The number of aliphatic hydroxyl groups excluding tert-OH is 2. The first-order valence-electron chi connectivity index (χ1n) is 17.7. The number of Topliss-reactive ketones (excluding diaryl/α,β-unsaturated/α-hetero) is 1. The highest BCUT2D eigenvalue weighted by Gasteiger charge is 2.57. The van der Waals surface area contributed by atoms with Gasteiger partial charge in [-0.15, -0.1) is 0 Å². The van der Waals surface area contributed by atoms with E-state index in [2.05, 4.69) is 72.1 Å². The van der Waals surface area contributed by atoms with Gasteiger partial charge in [0.15, 0.2) is 5.78 Å². The Bertz CT molecular complexity index is 923. The molecule has 0 aromatic rings. The lowest BCUT2D eigenvalue weighted by molar-refractivity contribution is -0.127. The Morgan fingerprint density at radius 2 is 1.58 bits per heavy atom. The molecule has 7 atom stereocenters. The quantitative estimate of drug-likeness (QED) is 0.235. The van der Waals surface area contributed by atoms with E-state index in [1.54, 1.807) is 0 Å². The SMILES string of the molecule is C=C(O)C(CC1CCCCC1)N(C)C.CC.CC1=CC2C3[C@H](C)CC(C)C(C)(C)[C@@H]3C=C(CO)CC2(C)C1=O.CCCC. The number of aliphatic hydroxyl groups is 2. The first-order valence-corrected chi connectivity index (χ1v) is 17.7. The highest BCUT2D eigenvalue weighted by atomic mass is 16.3. The number of carbonyl (C=O) groups is 1. The van der Waals surface area contributed by atoms with Crippen LogP contribution >= 0.6 is 0 Å². The first kappa shape index (κ1) is 39.6. The lowest BCUT2D eigenvalue weighted by Gasteiger charge is -2.53. The van der Waals surface area contributed by atoms with Crippen molar-refractivity contribution in [1.29, 1.82) is 0 Å². The van der Waals surface area contributed by atoms with Crippen LogP contribution in [0.2, 0.25) is 0 Å². The Morgan fingerprint density at radius 3 is 2.05 bits per heavy atom. The van der Waals surface area contributed by atoms with Crippen LogP contribution in [-0.4, -0.2) is 47.6 Å². The second kappa shape index (κ2) is 17.9. The second-order valence-corrected chi connectivity index (χ2v) is 15.0. The van der Waals surface area contributed by atoms with Crippen molar-refractivity contribution in [2.24, 2.45) is 46.3 Å². The van der Waals surface area contributed by atoms with E-state index in [0.29, 0.717) is 47.6 Å². The summed E-state index contributed by atoms with van der Waals surface area (Å²) in [5.41, 5.74) is 1.84. The number of likely N-dealkylation sites (N-methyl/N-ethyl adjacent to an activating group) is 1. The smallest absolute Gasteiger partial charge is 0.165 e. The molecule has 4 nitrogen and oxygen atoms in total. The van der Waals surface area contributed by atoms with Crippen molar-refractivity contribution in [3.05, 3.63) is 35.6 Å². The molecule has 43 heavy (non-hydrogen) atoms. The molecule has 5 unspecified atom stereocenters. The molecule has 4 heteroatoms. The zero-order valence-electron chi connectivity index (χ0n) is 30.4. The van der Waals surface area contributed by atoms with Crippen LogP contribution in [0.15, 0.2) is 35.6 Å². The van der Waals surface area contributed by atoms with Gasteiger partial charge in [-0.25, -0.2) is 0 Å². The van der Waals surface area contributed by atoms with Gasteiger partial charge in [0.25, 0.3) is 0 Å². The predicted octanol–water partition coefficient (Wildman–Crippen LogP) is 10.2. The van der Waals surface area contributed by atoms with Gasteiger partial charge in [-0.2, -0.15) is 0 Å². The van der Waals surface area contributed by atoms with Crippen molar-refractivity contribution in [1.82, 2.24) is 4.90 Å². The fourth-order valence-corrected chi connectivity index (χ4v) is 8.24. The minimum Gasteiger partial charge on any atom is -0.511 e. The van der Waals surface area contributed by atoms with Gasteiger partial charge in [-0.1, -0.05) is 126 Å². The molecule has 0 saturated heterocycles. The normalized spacial score (nSPS) is 32.1. The van der Waals surface area contributed by atoms with Crippen molar-refractivity contribution in [2.75, 3.05) is 20.7 Å². The topological polar surface area (TPSA) is 60.8 Å². The summed E-state index contributed by atoms with van der Waals surface area (Å²) in [6, 6.07) is 0.151. The van der Waals surface area contributed by atoms with E-state index < -0.39 is 0 Å². The maximum absolute atomic E-state index is 12.9. The summed E-state index contributed by atoms with van der Waals surface area (Å²) in [5, 5.41) is 19.4. The standard InChI is InChI=1S/C21H32O2.C12H23NO.C4H10.C2H6/c1-12-7-14(3)20(4,5)16-9-15(11-22)10-21(6)17(18(12)16)8-13(2)19(21)23;1-10(14)12(13(2)3)9-11-7-5-4-6-8-11;1-3-4-2;1-2/h8-9,12,14,16-18,22H,7,10-11H2,1-6H3;11-12,14H,1,4-9H2,2-3H3;3-4H2,1-2H3;1-2H3/t12-,14?,16-,17?,18?,21?;;;/m1.../s1. The average Bonchev–Trinajstić information content (AvgIpc) is 3.10. The maximum atomic E-state index is 12.9. The molecule has 0 spiro atoms. The third-order valence-corrected chi connectivity index (χ3v) is 11.4. The summed E-state index contributed by atoms with van der Waals surface area (Å²) < 4.78 is 0. The predicted molar refractivity (Wildman–Crippen MR) is 186 cm³/mol. The highest BCUT2D eigenvalue weighted by Crippen LogP contribution is 2.61. The summed E-state index contributed by atoms with van der Waals surface area (Å²) >= 11 is 0. The molecular formula is C39H71NO3. The van der Waals surface area contributed by atoms with Crippen LogP contribution in [0.25, 0.3) is 0 Å². The minimum absolute atomic E-state index is 0.0801. The van der Waals surface area contributed by atoms with Crippen molar-refractivity contribution in [3.63, 3.8) is 0 Å². The molecule has 0 aromatic carbocycles. The van der Waals surface area contributed by atoms with E-state index in [0.717, 1.165) is 23.5 Å². The van der Waals surface area contributed by atoms with Gasteiger partial charge in [-0.3, -0.25) is 9.69 Å². The van der Waals surface area contributed by atoms with Crippen molar-refractivity contribution in [3.8, 4) is 0 Å². The van der Waals surface area contributed by atoms with Crippen LogP contribution in [0, 0.1) is 46.3 Å². The molecule has 0 bridgehead atoms. The van der Waals surface area contributed by atoms with Crippen LogP contribution in [0.3, 0.4) is 0 Å². The fourth-order valence-electron chi connectivity index (χ4n) is 8.24. The summed E-state index contributed by atoms with van der Waals surface area (Å²) in [5.74, 6) is 3.91. The van der Waals surface area contributed by atoms with Gasteiger partial charge in [-0.05, 0) is 92.4 Å². The summed E-state index contributed by atoms with van der Waals surface area (Å²) in [6.45, 7) is 25.7. The number of carbonyl (C=O) groups excluding carboxylic acids is 1. The van der Waals surface area contributed by atoms with E-state index >= 15 is 0 Å². The Labute approximate surface area is 267 Å². The molecule has 4 aliphatic carbocycles. The van der Waals surface area contributed by atoms with E-state index in [1.807, 2.05) is 34.9 Å². The van der Waals surface area contributed by atoms with Crippen molar-refractivity contribution < 1.29 is 15.0 Å². The Kier molecular flexibility index (Phi) is 16.5. The fraction of sp³-hybridized carbons (Fsp3) is 0.821. The minimum atomic E-state index is -0.358. The zero-order valence-corrected chi connectivity index (χ0v) is 30.4. The third kappa shape index (κ3) is 9.80. The number of rotatable bonds is 6. The van der Waals surface area contributed by atoms with Gasteiger partial charge in [0.05, 0.1) is 12.6 Å². The van der Waals surface area contributed by atoms with Crippen LogP contribution in [0.5, 0.6) is 0 Å². The largest absolute Gasteiger partial charge is 0.511 e. The lowest BCUT2D eigenvalue weighted by Crippen LogP contribution is -2.48. The van der Waals surface area contributed by atoms with Crippen molar-refractivity contribution >= 4 is 5.78 Å². The van der Waals surface area contributed by atoms with Gasteiger partial charge >= 0.3 is 0 Å². The maximum Gasteiger partial charge on any atom is 0.165 e. The van der Waals surface area contributed by atoms with Crippen LogP contribution in [-0.2, 0) is 4.79 Å². The molecule has 0 amide bonds. The molecule has 0 aromatic heterocycles. The monoisotopic (exact) mass is 602 g/mol. The molecule has 0 radical (unpaired) electrons. The van der Waals surface area contributed by atoms with Crippen LogP contribution < -0.4 is 0 Å². The third-order valence-electron chi connectivity index (χ3n) is 11.4. The molecule has 2 fully saturated rings. The van der Waals surface area contributed by atoms with E-state index in [9.17, 15) is 15.0 Å². The van der Waals surface area contributed by atoms with Crippen LogP contribution in [0.4, 0.5) is 0 Å². The average molecular weight is 602 g/mol. The molecular weight excluding hydrogens is 530 g/mol. The van der Waals surface area contributed by atoms with Gasteiger partial charge in [0.1, 0.15) is 5.76 Å². The number of hydrogen-bond donors (Lipinski definition) is 2. The Morgan fingerprint density at radius 1 is 1.02 bits per heavy atom. The van der Waals surface area contributed by atoms with Gasteiger partial charge in [0, 0.05) is 5.41 Å². The Balaban J connectivity index is 0.000000394. The lowest BCUT2D eigenvalue weighted by atomic mass is 9.51. The number of nitrogens with zero attached hydrogens (tertiary/aromatic N) is 1. The number of allylic oxidation sites excluding steroid dienone is 3. The number of ketones is 1. The highest BCUT2D eigenvalue weighted by molar-refractivity contribution is 6.02. The second-order valence-electron chi connectivity index (χ2n) is 15.0. The van der Waals surface area contributed by atoms with E-state index in [-0.39, 0.29) is 23.5 Å². The van der Waals surface area contributed by atoms with Gasteiger partial charge in [0.2, 0.25) is 0 Å². The molecule has 0 aliphatic heterocycles. The Hall–Kier alpha value is -1.39. The summed E-state index contributed by atoms with van der Waals surface area (Å²) in [4.78, 5) is 15.0. The molecule has 2 N–H and O–H groups in total. The first-order chi connectivity index (χ1) is 20.1. The molecule has 4 aliphatic rings. The van der Waals surface area contributed by atoms with Crippen molar-refractivity contribution in [2.45, 2.75) is 139 Å². The molecule has 250 valence electrons. The van der Waals surface area contributed by atoms with Crippen LogP contribution in [0.1, 0.15) is 133 Å². The molecule has 2 saturated carbocycles. The van der Waals surface area contributed by atoms with E-state index in [4.69, 9.17) is 0 Å². The summed E-state index contributed by atoms with van der Waals surface area (Å²) in [6.07, 6.45) is 17.0. The molecule has 0 heterocycles.